The van der Waals surface area contributed by atoms with Crippen LogP contribution in [-0.4, -0.2) is 41.0 Å². The summed E-state index contributed by atoms with van der Waals surface area (Å²) in [4.78, 5) is 19.0. The fraction of sp³-hybridized carbons (Fsp3) is 0.444. The highest BCUT2D eigenvalue weighted by Gasteiger charge is 2.36. The average Bonchev–Trinajstić information content (AvgIpc) is 3.20. The van der Waals surface area contributed by atoms with Gasteiger partial charge in [-0.05, 0) is 37.8 Å². The van der Waals surface area contributed by atoms with E-state index < -0.39 is 0 Å². The van der Waals surface area contributed by atoms with Crippen LogP contribution in [0, 0.1) is 5.82 Å². The Hall–Kier alpha value is -1.21. The van der Waals surface area contributed by atoms with Gasteiger partial charge in [0.25, 0.3) is 5.91 Å². The van der Waals surface area contributed by atoms with Crippen molar-refractivity contribution in [1.82, 2.24) is 15.2 Å². The molecule has 1 amide bonds. The highest BCUT2D eigenvalue weighted by Crippen LogP contribution is 2.31. The number of rotatable bonds is 3. The van der Waals surface area contributed by atoms with E-state index in [0.29, 0.717) is 28.3 Å². The van der Waals surface area contributed by atoms with E-state index in [9.17, 15) is 9.18 Å². The highest BCUT2D eigenvalue weighted by atomic mass is 35.5. The van der Waals surface area contributed by atoms with Gasteiger partial charge in [-0.15, -0.1) is 36.2 Å². The Balaban J connectivity index is 0.00000121. The van der Waals surface area contributed by atoms with E-state index in [2.05, 4.69) is 10.3 Å². The first-order valence-corrected chi connectivity index (χ1v) is 9.23. The van der Waals surface area contributed by atoms with Crippen LogP contribution in [0.25, 0.3) is 10.6 Å². The molecule has 3 heterocycles. The molecule has 2 atom stereocenters. The molecule has 2 aromatic rings. The van der Waals surface area contributed by atoms with Crippen LogP contribution in [0.2, 0.25) is 0 Å². The number of benzene rings is 1. The van der Waals surface area contributed by atoms with Gasteiger partial charge in [-0.1, -0.05) is 12.1 Å². The van der Waals surface area contributed by atoms with Gasteiger partial charge in [0, 0.05) is 36.1 Å². The predicted molar refractivity (Wildman–Crippen MR) is 107 cm³/mol. The lowest BCUT2D eigenvalue weighted by atomic mass is 9.98. The molecule has 4 rings (SSSR count). The molecule has 0 aliphatic carbocycles. The molecular formula is C18H22Cl2FN3OS. The summed E-state index contributed by atoms with van der Waals surface area (Å²) in [6.45, 7) is 0. The minimum Gasteiger partial charge on any atom is -0.337 e. The smallest absolute Gasteiger partial charge is 0.273 e. The second kappa shape index (κ2) is 8.65. The van der Waals surface area contributed by atoms with Crippen molar-refractivity contribution >= 4 is 42.1 Å². The van der Waals surface area contributed by atoms with Gasteiger partial charge >= 0.3 is 0 Å². The number of thiazole rings is 1. The maximum Gasteiger partial charge on any atom is 0.273 e. The number of hydrogen-bond acceptors (Lipinski definition) is 4. The minimum atomic E-state index is -0.311. The predicted octanol–water partition coefficient (Wildman–Crippen LogP) is 4.15. The molecule has 2 aliphatic heterocycles. The molecule has 4 nitrogen and oxygen atoms in total. The van der Waals surface area contributed by atoms with Gasteiger partial charge < -0.3 is 10.2 Å². The molecule has 2 bridgehead atoms. The Labute approximate surface area is 169 Å². The zero-order chi connectivity index (χ0) is 16.7. The molecular weight excluding hydrogens is 396 g/mol. The summed E-state index contributed by atoms with van der Waals surface area (Å²) in [6, 6.07) is 7.86. The molecule has 1 aromatic carbocycles. The molecule has 2 saturated heterocycles. The lowest BCUT2D eigenvalue weighted by Gasteiger charge is -2.35. The van der Waals surface area contributed by atoms with Gasteiger partial charge in [-0.2, -0.15) is 0 Å². The largest absolute Gasteiger partial charge is 0.337 e. The highest BCUT2D eigenvalue weighted by molar-refractivity contribution is 7.13. The molecule has 0 spiro atoms. The van der Waals surface area contributed by atoms with Crippen LogP contribution in [0.1, 0.15) is 36.2 Å². The summed E-state index contributed by atoms with van der Waals surface area (Å²) in [5.74, 6) is -0.380. The van der Waals surface area contributed by atoms with Crippen molar-refractivity contribution in [2.45, 2.75) is 43.8 Å². The first kappa shape index (κ1) is 21.1. The third-order valence-corrected chi connectivity index (χ3v) is 6.02. The van der Waals surface area contributed by atoms with Crippen molar-refractivity contribution in [3.63, 3.8) is 0 Å². The van der Waals surface area contributed by atoms with Gasteiger partial charge in [0.2, 0.25) is 0 Å². The van der Waals surface area contributed by atoms with Gasteiger partial charge in [0.1, 0.15) is 16.5 Å². The number of carbonyl (C=O) groups excluding carboxylic acids is 1. The Bertz CT molecular complexity index is 760. The van der Waals surface area contributed by atoms with Crippen molar-refractivity contribution in [3.8, 4) is 10.6 Å². The van der Waals surface area contributed by atoms with Gasteiger partial charge in [0.05, 0.1) is 0 Å². The van der Waals surface area contributed by atoms with E-state index in [1.165, 1.54) is 30.2 Å². The van der Waals surface area contributed by atoms with E-state index in [4.69, 9.17) is 0 Å². The van der Waals surface area contributed by atoms with Gasteiger partial charge in [-0.25, -0.2) is 9.37 Å². The Kier molecular flexibility index (Phi) is 7.02. The van der Waals surface area contributed by atoms with Crippen LogP contribution in [0.3, 0.4) is 0 Å². The zero-order valence-corrected chi connectivity index (χ0v) is 16.8. The normalized spacial score (nSPS) is 23.7. The molecule has 8 heteroatoms. The second-order valence-corrected chi connectivity index (χ2v) is 7.55. The van der Waals surface area contributed by atoms with E-state index in [-0.39, 0.29) is 42.6 Å². The second-order valence-electron chi connectivity index (χ2n) is 6.70. The number of carbonyl (C=O) groups is 1. The molecule has 142 valence electrons. The Morgan fingerprint density at radius 3 is 2.54 bits per heavy atom. The van der Waals surface area contributed by atoms with Crippen molar-refractivity contribution in [2.24, 2.45) is 0 Å². The molecule has 2 aliphatic rings. The number of nitrogens with zero attached hydrogens (tertiary/aromatic N) is 2. The van der Waals surface area contributed by atoms with Crippen LogP contribution >= 0.6 is 36.2 Å². The molecule has 1 aromatic heterocycles. The Morgan fingerprint density at radius 1 is 1.23 bits per heavy atom. The zero-order valence-electron chi connectivity index (χ0n) is 14.4. The SMILES string of the molecule is CN(C(=O)c1csc(-c2ccccc2F)n1)C1CC2CCC(C1)N2.Cl.Cl. The summed E-state index contributed by atoms with van der Waals surface area (Å²) < 4.78 is 13.9. The van der Waals surface area contributed by atoms with E-state index in [1.54, 1.807) is 23.6 Å². The summed E-state index contributed by atoms with van der Waals surface area (Å²) in [5.41, 5.74) is 0.857. The van der Waals surface area contributed by atoms with Crippen LogP contribution in [-0.2, 0) is 0 Å². The lowest BCUT2D eigenvalue weighted by molar-refractivity contribution is 0.0676. The first-order chi connectivity index (χ1) is 11.6. The van der Waals surface area contributed by atoms with Gasteiger partial charge in [-0.3, -0.25) is 4.79 Å². The lowest BCUT2D eigenvalue weighted by Crippen LogP contribution is -2.48. The topological polar surface area (TPSA) is 45.2 Å². The Morgan fingerprint density at radius 2 is 1.88 bits per heavy atom. The summed E-state index contributed by atoms with van der Waals surface area (Å²) in [6.07, 6.45) is 4.42. The molecule has 0 saturated carbocycles. The molecule has 26 heavy (non-hydrogen) atoms. The maximum atomic E-state index is 13.9. The quantitative estimate of drug-likeness (QED) is 0.815. The number of halogens is 3. The van der Waals surface area contributed by atoms with Crippen molar-refractivity contribution in [2.75, 3.05) is 7.05 Å². The maximum absolute atomic E-state index is 13.9. The van der Waals surface area contributed by atoms with Crippen molar-refractivity contribution < 1.29 is 9.18 Å². The summed E-state index contributed by atoms with van der Waals surface area (Å²) in [7, 11) is 1.86. The van der Waals surface area contributed by atoms with E-state index >= 15 is 0 Å². The van der Waals surface area contributed by atoms with Crippen LogP contribution in [0.4, 0.5) is 4.39 Å². The molecule has 1 N–H and O–H groups in total. The molecule has 0 radical (unpaired) electrons. The molecule has 2 fully saturated rings. The number of hydrogen-bond donors (Lipinski definition) is 1. The fourth-order valence-corrected chi connectivity index (χ4v) is 4.64. The van der Waals surface area contributed by atoms with Crippen LogP contribution in [0.15, 0.2) is 29.6 Å². The van der Waals surface area contributed by atoms with Crippen molar-refractivity contribution in [3.05, 3.63) is 41.2 Å². The first-order valence-electron chi connectivity index (χ1n) is 8.35. The number of nitrogens with one attached hydrogen (secondary N) is 1. The number of fused-ring (bicyclic) bond motifs is 2. The van der Waals surface area contributed by atoms with Crippen molar-refractivity contribution in [1.29, 1.82) is 0 Å². The molecule has 2 unspecified atom stereocenters. The number of amides is 1. The minimum absolute atomic E-state index is 0. The summed E-state index contributed by atoms with van der Waals surface area (Å²) in [5, 5.41) is 5.88. The monoisotopic (exact) mass is 417 g/mol. The third kappa shape index (κ3) is 4.03. The van der Waals surface area contributed by atoms with Gasteiger partial charge in [0.15, 0.2) is 0 Å². The average molecular weight is 418 g/mol. The third-order valence-electron chi connectivity index (χ3n) is 5.14. The van der Waals surface area contributed by atoms with E-state index in [1.807, 2.05) is 11.9 Å². The number of aromatic nitrogens is 1. The van der Waals surface area contributed by atoms with E-state index in [0.717, 1.165) is 12.8 Å². The van der Waals surface area contributed by atoms with Crippen LogP contribution in [0.5, 0.6) is 0 Å². The summed E-state index contributed by atoms with van der Waals surface area (Å²) >= 11 is 1.31. The van der Waals surface area contributed by atoms with Crippen LogP contribution < -0.4 is 5.32 Å². The number of piperidine rings is 1. The fourth-order valence-electron chi connectivity index (χ4n) is 3.82. The standard InChI is InChI=1S/C18H20FN3OS.2ClH/c1-22(13-8-11-6-7-12(9-13)20-11)18(23)16-10-24-17(21-16)14-4-2-3-5-15(14)19;;/h2-5,10-13,20H,6-9H2,1H3;2*1H.